The monoisotopic (exact) mass is 672 g/mol. The Morgan fingerprint density at radius 1 is 0.549 bits per heavy atom. The second kappa shape index (κ2) is 11.0. The van der Waals surface area contributed by atoms with Crippen LogP contribution in [0.25, 0.3) is 69.6 Å². The fourth-order valence-corrected chi connectivity index (χ4v) is 8.82. The van der Waals surface area contributed by atoms with Crippen molar-refractivity contribution in [3.8, 4) is 5.69 Å². The highest BCUT2D eigenvalue weighted by Crippen LogP contribution is 2.43. The molecule has 0 bridgehead atoms. The van der Waals surface area contributed by atoms with E-state index in [1.165, 1.54) is 42.0 Å². The number of aromatic nitrogens is 1. The van der Waals surface area contributed by atoms with Gasteiger partial charge in [-0.25, -0.2) is 9.98 Å². The molecular weight excluding hydrogens is 645 g/mol. The van der Waals surface area contributed by atoms with Crippen LogP contribution in [0.3, 0.4) is 0 Å². The third kappa shape index (κ3) is 4.40. The minimum absolute atomic E-state index is 0.253. The maximum absolute atomic E-state index is 6.65. The van der Waals surface area contributed by atoms with Gasteiger partial charge in [0, 0.05) is 64.6 Å². The molecule has 1 atom stereocenters. The average Bonchev–Trinajstić information content (AvgIpc) is 3.87. The molecular formula is C45H28N4OS. The molecule has 1 unspecified atom stereocenters. The van der Waals surface area contributed by atoms with Crippen LogP contribution in [0.2, 0.25) is 0 Å². The molecule has 1 N–H and O–H groups in total. The van der Waals surface area contributed by atoms with E-state index in [1.54, 1.807) is 0 Å². The number of nitrogens with one attached hydrogen (secondary N) is 1. The lowest BCUT2D eigenvalue weighted by molar-refractivity contribution is 0.669. The van der Waals surface area contributed by atoms with Crippen LogP contribution in [0, 0.1) is 0 Å². The van der Waals surface area contributed by atoms with E-state index in [-0.39, 0.29) is 6.17 Å². The molecule has 0 amide bonds. The number of fused-ring (bicyclic) bond motifs is 10. The predicted octanol–water partition coefficient (Wildman–Crippen LogP) is 11.5. The van der Waals surface area contributed by atoms with E-state index in [1.807, 2.05) is 35.6 Å². The second-order valence-corrected chi connectivity index (χ2v) is 14.1. The molecule has 0 aliphatic carbocycles. The molecule has 5 nitrogen and oxygen atoms in total. The number of rotatable bonds is 4. The van der Waals surface area contributed by atoms with Gasteiger partial charge in [0.1, 0.15) is 23.2 Å². The molecule has 0 radical (unpaired) electrons. The standard InChI is InChI=1S/C45H28N4OS/c1-3-11-27(12-4-1)43-46-44(28-13-5-2-6-14-28)48-45(47-43)29-19-23-39-34(25-29)42-40(51-39)24-22-37-41(42)33-21-20-30(26-38(33)50-37)49-35-17-9-7-15-31(35)32-16-8-10-18-36(32)49/h1-26,43H,(H,46,47,48). The van der Waals surface area contributed by atoms with Crippen molar-refractivity contribution in [2.75, 3.05) is 0 Å². The molecule has 3 aromatic heterocycles. The summed E-state index contributed by atoms with van der Waals surface area (Å²) in [6, 6.07) is 55.4. The molecule has 0 saturated heterocycles. The van der Waals surface area contributed by atoms with E-state index in [9.17, 15) is 0 Å². The SMILES string of the molecule is c1ccc(C2=NC(c3ccccc3)NC(c3ccc4sc5ccc6oc7cc(-n8c9ccccc9c9ccccc98)ccc7c6c5c4c3)=N2)cc1. The number of thiophene rings is 1. The predicted molar refractivity (Wildman–Crippen MR) is 213 cm³/mol. The van der Waals surface area contributed by atoms with Gasteiger partial charge in [0.2, 0.25) is 0 Å². The van der Waals surface area contributed by atoms with Gasteiger partial charge >= 0.3 is 0 Å². The van der Waals surface area contributed by atoms with E-state index in [2.05, 4.69) is 143 Å². The molecule has 6 heteroatoms. The largest absolute Gasteiger partial charge is 0.456 e. The van der Waals surface area contributed by atoms with Crippen LogP contribution in [-0.2, 0) is 0 Å². The number of para-hydroxylation sites is 2. The van der Waals surface area contributed by atoms with Crippen molar-refractivity contribution >= 4 is 86.9 Å². The highest BCUT2D eigenvalue weighted by molar-refractivity contribution is 7.26. The summed E-state index contributed by atoms with van der Waals surface area (Å²) < 4.78 is 11.5. The van der Waals surface area contributed by atoms with Crippen LogP contribution in [-0.4, -0.2) is 16.2 Å². The summed E-state index contributed by atoms with van der Waals surface area (Å²) in [5, 5.41) is 10.8. The Bertz CT molecular complexity index is 3010. The summed E-state index contributed by atoms with van der Waals surface area (Å²) in [6.45, 7) is 0. The van der Waals surface area contributed by atoms with E-state index >= 15 is 0 Å². The number of hydrogen-bond acceptors (Lipinski definition) is 5. The second-order valence-electron chi connectivity index (χ2n) is 13.0. The van der Waals surface area contributed by atoms with Crippen molar-refractivity contribution in [1.82, 2.24) is 9.88 Å². The molecule has 0 spiro atoms. The lowest BCUT2D eigenvalue weighted by atomic mass is 10.0. The molecule has 0 saturated carbocycles. The van der Waals surface area contributed by atoms with Gasteiger partial charge in [-0.15, -0.1) is 11.3 Å². The topological polar surface area (TPSA) is 54.8 Å². The maximum atomic E-state index is 6.65. The first-order valence-corrected chi connectivity index (χ1v) is 17.9. The fraction of sp³-hybridized carbons (Fsp3) is 0.0222. The third-order valence-electron chi connectivity index (χ3n) is 10.1. The van der Waals surface area contributed by atoms with Gasteiger partial charge in [-0.1, -0.05) is 97.1 Å². The van der Waals surface area contributed by atoms with Gasteiger partial charge in [0.05, 0.1) is 11.0 Å². The maximum Gasteiger partial charge on any atom is 0.159 e. The van der Waals surface area contributed by atoms with Crippen molar-refractivity contribution in [2.45, 2.75) is 6.17 Å². The van der Waals surface area contributed by atoms with Crippen molar-refractivity contribution in [2.24, 2.45) is 9.98 Å². The van der Waals surface area contributed by atoms with Gasteiger partial charge in [0.15, 0.2) is 5.84 Å². The lowest BCUT2D eigenvalue weighted by Gasteiger charge is -2.23. The Balaban J connectivity index is 1.08. The number of amidine groups is 2. The molecule has 51 heavy (non-hydrogen) atoms. The lowest BCUT2D eigenvalue weighted by Crippen LogP contribution is -2.33. The summed E-state index contributed by atoms with van der Waals surface area (Å²) in [5.74, 6) is 1.52. The van der Waals surface area contributed by atoms with Gasteiger partial charge in [-0.2, -0.15) is 0 Å². The number of nitrogens with zero attached hydrogens (tertiary/aromatic N) is 3. The molecule has 1 aliphatic rings. The average molecular weight is 673 g/mol. The van der Waals surface area contributed by atoms with E-state index in [4.69, 9.17) is 14.4 Å². The van der Waals surface area contributed by atoms with Gasteiger partial charge < -0.3 is 14.3 Å². The van der Waals surface area contributed by atoms with Crippen molar-refractivity contribution < 1.29 is 4.42 Å². The van der Waals surface area contributed by atoms with Gasteiger partial charge in [0.25, 0.3) is 0 Å². The van der Waals surface area contributed by atoms with Crippen LogP contribution in [0.4, 0.5) is 0 Å². The molecule has 240 valence electrons. The van der Waals surface area contributed by atoms with Gasteiger partial charge in [-0.3, -0.25) is 0 Å². The van der Waals surface area contributed by atoms with Crippen molar-refractivity contribution in [3.63, 3.8) is 0 Å². The Kier molecular flexibility index (Phi) is 6.12. The Morgan fingerprint density at radius 2 is 1.25 bits per heavy atom. The van der Waals surface area contributed by atoms with Crippen LogP contribution < -0.4 is 5.32 Å². The normalized spacial score (nSPS) is 14.9. The first-order chi connectivity index (χ1) is 25.3. The molecule has 10 aromatic rings. The molecule has 7 aromatic carbocycles. The van der Waals surface area contributed by atoms with Crippen molar-refractivity contribution in [3.05, 3.63) is 174 Å². The van der Waals surface area contributed by atoms with E-state index in [0.29, 0.717) is 0 Å². The first kappa shape index (κ1) is 28.3. The van der Waals surface area contributed by atoms with E-state index in [0.717, 1.165) is 56.0 Å². The Morgan fingerprint density at radius 3 is 2.04 bits per heavy atom. The van der Waals surface area contributed by atoms with Crippen molar-refractivity contribution in [1.29, 1.82) is 0 Å². The van der Waals surface area contributed by atoms with Crippen LogP contribution >= 0.6 is 11.3 Å². The van der Waals surface area contributed by atoms with Crippen LogP contribution in [0.5, 0.6) is 0 Å². The van der Waals surface area contributed by atoms with E-state index < -0.39 is 0 Å². The quantitative estimate of drug-likeness (QED) is 0.202. The molecule has 0 fully saturated rings. The Labute approximate surface area is 296 Å². The summed E-state index contributed by atoms with van der Waals surface area (Å²) >= 11 is 1.81. The minimum atomic E-state index is -0.253. The highest BCUT2D eigenvalue weighted by atomic mass is 32.1. The molecule has 4 heterocycles. The Hall–Kier alpha value is -6.50. The van der Waals surface area contributed by atoms with Gasteiger partial charge in [-0.05, 0) is 60.2 Å². The summed E-state index contributed by atoms with van der Waals surface area (Å²) in [4.78, 5) is 10.1. The number of benzene rings is 7. The zero-order valence-electron chi connectivity index (χ0n) is 27.2. The number of aliphatic imine (C=N–C) groups is 2. The first-order valence-electron chi connectivity index (χ1n) is 17.1. The summed E-state index contributed by atoms with van der Waals surface area (Å²) in [6.07, 6.45) is -0.253. The smallest absolute Gasteiger partial charge is 0.159 e. The zero-order valence-corrected chi connectivity index (χ0v) is 28.1. The summed E-state index contributed by atoms with van der Waals surface area (Å²) in [5.41, 5.74) is 8.31. The minimum Gasteiger partial charge on any atom is -0.456 e. The van der Waals surface area contributed by atoms with Crippen LogP contribution in [0.1, 0.15) is 22.9 Å². The number of hydrogen-bond donors (Lipinski definition) is 1. The molecule has 11 rings (SSSR count). The molecule has 1 aliphatic heterocycles. The number of furan rings is 1. The fourth-order valence-electron chi connectivity index (χ4n) is 7.73. The summed E-state index contributed by atoms with van der Waals surface area (Å²) in [7, 11) is 0. The highest BCUT2D eigenvalue weighted by Gasteiger charge is 2.23. The van der Waals surface area contributed by atoms with Crippen LogP contribution in [0.15, 0.2) is 172 Å². The zero-order chi connectivity index (χ0) is 33.5. The third-order valence-corrected chi connectivity index (χ3v) is 11.2.